The van der Waals surface area contributed by atoms with Gasteiger partial charge in [-0.25, -0.2) is 0 Å². The number of amides is 1. The highest BCUT2D eigenvalue weighted by Gasteiger charge is 2.20. The van der Waals surface area contributed by atoms with Gasteiger partial charge in [0.25, 0.3) is 0 Å². The maximum Gasteiger partial charge on any atom is 0.232 e. The van der Waals surface area contributed by atoms with Crippen LogP contribution in [0, 0.1) is 5.92 Å². The molecule has 4 heteroatoms. The van der Waals surface area contributed by atoms with E-state index in [0.717, 1.165) is 29.7 Å². The van der Waals surface area contributed by atoms with E-state index < -0.39 is 0 Å². The first kappa shape index (κ1) is 14.9. The summed E-state index contributed by atoms with van der Waals surface area (Å²) in [5, 5.41) is 0. The number of carbonyl (C=O) groups is 1. The summed E-state index contributed by atoms with van der Waals surface area (Å²) in [7, 11) is 0. The summed E-state index contributed by atoms with van der Waals surface area (Å²) in [4.78, 5) is 14.1. The Hall–Kier alpha value is -0.480. The topological polar surface area (TPSA) is 20.3 Å². The second-order valence-corrected chi connectivity index (χ2v) is 7.01. The van der Waals surface area contributed by atoms with E-state index in [0.29, 0.717) is 17.6 Å². The van der Waals surface area contributed by atoms with Crippen LogP contribution in [-0.4, -0.2) is 29.6 Å². The van der Waals surface area contributed by atoms with Gasteiger partial charge in [-0.1, -0.05) is 41.1 Å². The first-order valence-corrected chi connectivity index (χ1v) is 8.70. The van der Waals surface area contributed by atoms with Crippen molar-refractivity contribution in [3.63, 3.8) is 0 Å². The van der Waals surface area contributed by atoms with Crippen LogP contribution in [0.1, 0.15) is 25.3 Å². The predicted molar refractivity (Wildman–Crippen MR) is 85.3 cm³/mol. The van der Waals surface area contributed by atoms with Crippen LogP contribution < -0.4 is 0 Å². The van der Waals surface area contributed by atoms with Crippen LogP contribution in [-0.2, 0) is 10.5 Å². The van der Waals surface area contributed by atoms with Gasteiger partial charge in [0.15, 0.2) is 0 Å². The monoisotopic (exact) mass is 341 g/mol. The normalized spacial score (nSPS) is 19.5. The molecule has 0 spiro atoms. The SMILES string of the molecule is C[C@@H]1CCCN(C(=O)CSCc2ccccc2Br)C1. The van der Waals surface area contributed by atoms with Crippen LogP contribution in [0.3, 0.4) is 0 Å². The number of rotatable bonds is 4. The van der Waals surface area contributed by atoms with Crippen LogP contribution >= 0.6 is 27.7 Å². The molecule has 19 heavy (non-hydrogen) atoms. The molecular formula is C15H20BrNOS. The fraction of sp³-hybridized carbons (Fsp3) is 0.533. The molecule has 0 radical (unpaired) electrons. The fourth-order valence-electron chi connectivity index (χ4n) is 2.37. The molecule has 0 aliphatic carbocycles. The van der Waals surface area contributed by atoms with Crippen molar-refractivity contribution >= 4 is 33.6 Å². The van der Waals surface area contributed by atoms with Gasteiger partial charge in [-0.3, -0.25) is 4.79 Å². The van der Waals surface area contributed by atoms with Gasteiger partial charge in [0.1, 0.15) is 0 Å². The zero-order valence-electron chi connectivity index (χ0n) is 11.3. The average molecular weight is 342 g/mol. The molecule has 1 amide bonds. The molecule has 1 saturated heterocycles. The molecule has 0 saturated carbocycles. The van der Waals surface area contributed by atoms with Crippen molar-refractivity contribution in [1.29, 1.82) is 0 Å². The molecule has 1 aliphatic rings. The second-order valence-electron chi connectivity index (χ2n) is 5.17. The van der Waals surface area contributed by atoms with E-state index in [4.69, 9.17) is 0 Å². The van der Waals surface area contributed by atoms with Crippen LogP contribution in [0.5, 0.6) is 0 Å². The highest BCUT2D eigenvalue weighted by molar-refractivity contribution is 9.10. The van der Waals surface area contributed by atoms with Crippen molar-refractivity contribution in [2.75, 3.05) is 18.8 Å². The maximum atomic E-state index is 12.1. The molecule has 0 N–H and O–H groups in total. The number of carbonyl (C=O) groups excluding carboxylic acids is 1. The molecule has 1 aromatic rings. The van der Waals surface area contributed by atoms with E-state index in [9.17, 15) is 4.79 Å². The molecule has 1 heterocycles. The first-order chi connectivity index (χ1) is 9.16. The van der Waals surface area contributed by atoms with E-state index in [1.807, 2.05) is 23.1 Å². The van der Waals surface area contributed by atoms with Gasteiger partial charge in [-0.15, -0.1) is 11.8 Å². The second kappa shape index (κ2) is 7.34. The molecule has 0 bridgehead atoms. The first-order valence-electron chi connectivity index (χ1n) is 6.75. The van der Waals surface area contributed by atoms with Gasteiger partial charge in [0, 0.05) is 23.3 Å². The molecule has 1 aromatic carbocycles. The Labute approximate surface area is 128 Å². The summed E-state index contributed by atoms with van der Waals surface area (Å²) >= 11 is 5.24. The lowest BCUT2D eigenvalue weighted by atomic mass is 10.0. The lowest BCUT2D eigenvalue weighted by Crippen LogP contribution is -2.40. The number of thioether (sulfide) groups is 1. The summed E-state index contributed by atoms with van der Waals surface area (Å²) in [5.41, 5.74) is 1.26. The fourth-order valence-corrected chi connectivity index (χ4v) is 3.91. The van der Waals surface area contributed by atoms with E-state index in [2.05, 4.69) is 28.9 Å². The van der Waals surface area contributed by atoms with Crippen molar-refractivity contribution < 1.29 is 4.79 Å². The predicted octanol–water partition coefficient (Wildman–Crippen LogP) is 3.94. The van der Waals surface area contributed by atoms with Crippen molar-refractivity contribution in [3.05, 3.63) is 34.3 Å². The minimum absolute atomic E-state index is 0.295. The number of hydrogen-bond acceptors (Lipinski definition) is 2. The van der Waals surface area contributed by atoms with Crippen LogP contribution in [0.15, 0.2) is 28.7 Å². The Kier molecular flexibility index (Phi) is 5.76. The van der Waals surface area contributed by atoms with E-state index >= 15 is 0 Å². The molecule has 0 unspecified atom stereocenters. The third-order valence-electron chi connectivity index (χ3n) is 3.45. The van der Waals surface area contributed by atoms with Crippen molar-refractivity contribution in [2.45, 2.75) is 25.5 Å². The molecule has 1 aliphatic heterocycles. The average Bonchev–Trinajstić information content (AvgIpc) is 2.41. The number of benzene rings is 1. The third kappa shape index (κ3) is 4.53. The highest BCUT2D eigenvalue weighted by Crippen LogP contribution is 2.22. The summed E-state index contributed by atoms with van der Waals surface area (Å²) < 4.78 is 1.13. The molecule has 1 atom stereocenters. The van der Waals surface area contributed by atoms with Gasteiger partial charge in [-0.05, 0) is 30.4 Å². The van der Waals surface area contributed by atoms with E-state index in [-0.39, 0.29) is 0 Å². The standard InChI is InChI=1S/C15H20BrNOS/c1-12-5-4-8-17(9-12)15(18)11-19-10-13-6-2-3-7-14(13)16/h2-3,6-7,12H,4-5,8-11H2,1H3/t12-/m1/s1. The molecule has 2 nitrogen and oxygen atoms in total. The van der Waals surface area contributed by atoms with Crippen LogP contribution in [0.4, 0.5) is 0 Å². The van der Waals surface area contributed by atoms with Gasteiger partial charge >= 0.3 is 0 Å². The van der Waals surface area contributed by atoms with E-state index in [1.165, 1.54) is 12.0 Å². The van der Waals surface area contributed by atoms with Crippen molar-refractivity contribution in [3.8, 4) is 0 Å². The Balaban J connectivity index is 1.76. The number of hydrogen-bond donors (Lipinski definition) is 0. The zero-order valence-corrected chi connectivity index (χ0v) is 13.7. The Bertz CT molecular complexity index is 438. The summed E-state index contributed by atoms with van der Waals surface area (Å²) in [6, 6.07) is 8.20. The lowest BCUT2D eigenvalue weighted by Gasteiger charge is -2.30. The molecular weight excluding hydrogens is 322 g/mol. The van der Waals surface area contributed by atoms with E-state index in [1.54, 1.807) is 11.8 Å². The summed E-state index contributed by atoms with van der Waals surface area (Å²) in [6.45, 7) is 4.11. The number of likely N-dealkylation sites (tertiary alicyclic amines) is 1. The quantitative estimate of drug-likeness (QED) is 0.826. The smallest absolute Gasteiger partial charge is 0.232 e. The molecule has 0 aromatic heterocycles. The third-order valence-corrected chi connectivity index (χ3v) is 5.19. The lowest BCUT2D eigenvalue weighted by molar-refractivity contribution is -0.130. The van der Waals surface area contributed by atoms with Crippen molar-refractivity contribution in [1.82, 2.24) is 4.90 Å². The number of piperidine rings is 1. The van der Waals surface area contributed by atoms with Gasteiger partial charge in [0.2, 0.25) is 5.91 Å². The number of halogens is 1. The van der Waals surface area contributed by atoms with Crippen molar-refractivity contribution in [2.24, 2.45) is 5.92 Å². The zero-order chi connectivity index (χ0) is 13.7. The van der Waals surface area contributed by atoms with Crippen LogP contribution in [0.2, 0.25) is 0 Å². The molecule has 2 rings (SSSR count). The minimum Gasteiger partial charge on any atom is -0.342 e. The summed E-state index contributed by atoms with van der Waals surface area (Å²) in [6.07, 6.45) is 2.41. The van der Waals surface area contributed by atoms with Crippen LogP contribution in [0.25, 0.3) is 0 Å². The molecule has 1 fully saturated rings. The Morgan fingerprint density at radius 1 is 1.47 bits per heavy atom. The van der Waals surface area contributed by atoms with Gasteiger partial charge in [0.05, 0.1) is 5.75 Å². The van der Waals surface area contributed by atoms with Gasteiger partial charge < -0.3 is 4.90 Å². The Morgan fingerprint density at radius 2 is 2.26 bits per heavy atom. The highest BCUT2D eigenvalue weighted by atomic mass is 79.9. The number of nitrogens with zero attached hydrogens (tertiary/aromatic N) is 1. The summed E-state index contributed by atoms with van der Waals surface area (Å²) in [5.74, 6) is 2.43. The largest absolute Gasteiger partial charge is 0.342 e. The van der Waals surface area contributed by atoms with Gasteiger partial charge in [-0.2, -0.15) is 0 Å². The minimum atomic E-state index is 0.295. The maximum absolute atomic E-state index is 12.1. The Morgan fingerprint density at radius 3 is 3.00 bits per heavy atom. The molecule has 104 valence electrons.